The van der Waals surface area contributed by atoms with Gasteiger partial charge in [-0.3, -0.25) is 4.99 Å². The lowest BCUT2D eigenvalue weighted by Gasteiger charge is -1.98. The zero-order valence-corrected chi connectivity index (χ0v) is 8.67. The van der Waals surface area contributed by atoms with Gasteiger partial charge in [0.15, 0.2) is 0 Å². The number of benzene rings is 1. The average Bonchev–Trinajstić information content (AvgIpc) is 2.25. The fraction of sp³-hybridized carbons (Fsp3) is 0.182. The average molecular weight is 203 g/mol. The molecule has 0 spiro atoms. The minimum atomic E-state index is -1.46. The van der Waals surface area contributed by atoms with Crippen LogP contribution < -0.4 is 0 Å². The number of para-hydroxylation sites is 1. The molecule has 2 N–H and O–H groups in total. The Hall–Kier alpha value is -1.39. The minimum absolute atomic E-state index is 0.418. The van der Waals surface area contributed by atoms with Crippen LogP contribution in [0.2, 0.25) is 0 Å². The van der Waals surface area contributed by atoms with Crippen LogP contribution in [-0.4, -0.2) is 23.4 Å². The SMILES string of the molecule is CC/C=C(\C=N/c1ccccc1)B(O)O. The van der Waals surface area contributed by atoms with E-state index in [9.17, 15) is 0 Å². The van der Waals surface area contributed by atoms with Gasteiger partial charge in [0.05, 0.1) is 5.69 Å². The number of aliphatic imine (C=N–C) groups is 1. The number of allylic oxidation sites excluding steroid dienone is 2. The highest BCUT2D eigenvalue weighted by Crippen LogP contribution is 2.09. The lowest BCUT2D eigenvalue weighted by atomic mass is 9.79. The first kappa shape index (κ1) is 11.7. The molecule has 0 amide bonds. The molecule has 1 aromatic carbocycles. The summed E-state index contributed by atoms with van der Waals surface area (Å²) in [7, 11) is -1.46. The maximum absolute atomic E-state index is 9.02. The third-order valence-electron chi connectivity index (χ3n) is 1.86. The second-order valence-electron chi connectivity index (χ2n) is 3.08. The molecule has 78 valence electrons. The van der Waals surface area contributed by atoms with Gasteiger partial charge >= 0.3 is 7.12 Å². The largest absolute Gasteiger partial charge is 0.489 e. The van der Waals surface area contributed by atoms with Crippen molar-refractivity contribution in [2.75, 3.05) is 0 Å². The Labute approximate surface area is 89.9 Å². The highest BCUT2D eigenvalue weighted by Gasteiger charge is 2.11. The molecule has 0 radical (unpaired) electrons. The van der Waals surface area contributed by atoms with E-state index in [0.29, 0.717) is 5.47 Å². The maximum Gasteiger partial charge on any atom is 0.489 e. The van der Waals surface area contributed by atoms with Crippen LogP contribution in [0.25, 0.3) is 0 Å². The van der Waals surface area contributed by atoms with Gasteiger partial charge in [-0.05, 0) is 24.0 Å². The van der Waals surface area contributed by atoms with Gasteiger partial charge in [0, 0.05) is 6.21 Å². The van der Waals surface area contributed by atoms with Gasteiger partial charge in [0.25, 0.3) is 0 Å². The molecule has 0 aliphatic carbocycles. The van der Waals surface area contributed by atoms with Crippen LogP contribution in [0.3, 0.4) is 0 Å². The summed E-state index contributed by atoms with van der Waals surface area (Å²) in [6.07, 6.45) is 3.95. The Morgan fingerprint density at radius 1 is 1.33 bits per heavy atom. The Balaban J connectivity index is 2.75. The predicted molar refractivity (Wildman–Crippen MR) is 63.2 cm³/mol. The van der Waals surface area contributed by atoms with Crippen molar-refractivity contribution in [1.82, 2.24) is 0 Å². The van der Waals surface area contributed by atoms with Gasteiger partial charge in [-0.25, -0.2) is 0 Å². The molecule has 0 aliphatic rings. The molecule has 0 aliphatic heterocycles. The van der Waals surface area contributed by atoms with E-state index in [1.807, 2.05) is 37.3 Å². The van der Waals surface area contributed by atoms with Gasteiger partial charge in [-0.1, -0.05) is 31.2 Å². The smallest absolute Gasteiger partial charge is 0.423 e. The summed E-state index contributed by atoms with van der Waals surface area (Å²) in [5.74, 6) is 0. The Kier molecular flexibility index (Phi) is 4.80. The minimum Gasteiger partial charge on any atom is -0.423 e. The third kappa shape index (κ3) is 4.10. The van der Waals surface area contributed by atoms with E-state index in [0.717, 1.165) is 12.1 Å². The molecule has 1 aromatic rings. The molecule has 1 rings (SSSR count). The second kappa shape index (κ2) is 6.16. The van der Waals surface area contributed by atoms with Gasteiger partial charge in [-0.2, -0.15) is 0 Å². The fourth-order valence-corrected chi connectivity index (χ4v) is 1.12. The third-order valence-corrected chi connectivity index (χ3v) is 1.86. The molecule has 4 heteroatoms. The number of rotatable bonds is 4. The summed E-state index contributed by atoms with van der Waals surface area (Å²) in [6.45, 7) is 1.93. The molecular formula is C11H14BNO2. The molecule has 0 fully saturated rings. The second-order valence-corrected chi connectivity index (χ2v) is 3.08. The van der Waals surface area contributed by atoms with Crippen molar-refractivity contribution in [1.29, 1.82) is 0 Å². The first-order valence-corrected chi connectivity index (χ1v) is 4.89. The molecule has 0 saturated heterocycles. The summed E-state index contributed by atoms with van der Waals surface area (Å²) < 4.78 is 0. The van der Waals surface area contributed by atoms with Crippen LogP contribution in [0.1, 0.15) is 13.3 Å². The molecule has 3 nitrogen and oxygen atoms in total. The lowest BCUT2D eigenvalue weighted by molar-refractivity contribution is 0.421. The van der Waals surface area contributed by atoms with Crippen LogP contribution in [0, 0.1) is 0 Å². The molecule has 0 aromatic heterocycles. The monoisotopic (exact) mass is 203 g/mol. The van der Waals surface area contributed by atoms with E-state index in [1.54, 1.807) is 6.08 Å². The lowest BCUT2D eigenvalue weighted by Crippen LogP contribution is -2.16. The van der Waals surface area contributed by atoms with Gasteiger partial charge in [0.2, 0.25) is 0 Å². The quantitative estimate of drug-likeness (QED) is 0.578. The highest BCUT2D eigenvalue weighted by molar-refractivity contribution is 6.57. The molecule has 0 saturated carbocycles. The Morgan fingerprint density at radius 3 is 2.53 bits per heavy atom. The predicted octanol–water partition coefficient (Wildman–Crippen LogP) is 1.74. The molecule has 0 heterocycles. The topological polar surface area (TPSA) is 52.8 Å². The molecule has 0 atom stereocenters. The molecule has 15 heavy (non-hydrogen) atoms. The van der Waals surface area contributed by atoms with E-state index in [2.05, 4.69) is 4.99 Å². The van der Waals surface area contributed by atoms with Crippen molar-refractivity contribution in [3.8, 4) is 0 Å². The van der Waals surface area contributed by atoms with Crippen molar-refractivity contribution in [3.05, 3.63) is 41.9 Å². The van der Waals surface area contributed by atoms with Crippen LogP contribution in [0.5, 0.6) is 0 Å². The number of hydrogen-bond acceptors (Lipinski definition) is 3. The first-order valence-electron chi connectivity index (χ1n) is 4.89. The van der Waals surface area contributed by atoms with E-state index >= 15 is 0 Å². The van der Waals surface area contributed by atoms with Crippen LogP contribution in [0.15, 0.2) is 46.9 Å². The van der Waals surface area contributed by atoms with E-state index < -0.39 is 7.12 Å². The Bertz CT molecular complexity index is 347. The zero-order chi connectivity index (χ0) is 11.1. The van der Waals surface area contributed by atoms with Crippen LogP contribution >= 0.6 is 0 Å². The van der Waals surface area contributed by atoms with Gasteiger partial charge in [-0.15, -0.1) is 0 Å². The van der Waals surface area contributed by atoms with E-state index in [-0.39, 0.29) is 0 Å². The first-order chi connectivity index (χ1) is 7.24. The highest BCUT2D eigenvalue weighted by atomic mass is 16.4. The zero-order valence-electron chi connectivity index (χ0n) is 8.67. The molecule has 0 bridgehead atoms. The summed E-state index contributed by atoms with van der Waals surface area (Å²) in [5.41, 5.74) is 1.21. The Morgan fingerprint density at radius 2 is 2.00 bits per heavy atom. The van der Waals surface area contributed by atoms with Crippen LogP contribution in [-0.2, 0) is 0 Å². The molecule has 0 unspecified atom stereocenters. The summed E-state index contributed by atoms with van der Waals surface area (Å²) >= 11 is 0. The summed E-state index contributed by atoms with van der Waals surface area (Å²) in [4.78, 5) is 4.13. The molecular weight excluding hydrogens is 189 g/mol. The van der Waals surface area contributed by atoms with Gasteiger partial charge < -0.3 is 10.0 Å². The number of hydrogen-bond donors (Lipinski definition) is 2. The normalized spacial score (nSPS) is 12.1. The summed E-state index contributed by atoms with van der Waals surface area (Å²) in [6, 6.07) is 9.37. The van der Waals surface area contributed by atoms with Crippen molar-refractivity contribution in [2.45, 2.75) is 13.3 Å². The summed E-state index contributed by atoms with van der Waals surface area (Å²) in [5, 5.41) is 18.0. The van der Waals surface area contributed by atoms with E-state index in [1.165, 1.54) is 6.21 Å². The standard InChI is InChI=1S/C11H14BNO2/c1-2-6-10(12(14)15)9-13-11-7-4-3-5-8-11/h3-9,14-15H,2H2,1H3/b10-6+,13-9-. The maximum atomic E-state index is 9.02. The fourth-order valence-electron chi connectivity index (χ4n) is 1.12. The van der Waals surface area contributed by atoms with Gasteiger partial charge in [0.1, 0.15) is 0 Å². The van der Waals surface area contributed by atoms with Crippen molar-refractivity contribution >= 4 is 19.0 Å². The number of nitrogens with zero attached hydrogens (tertiary/aromatic N) is 1. The van der Waals surface area contributed by atoms with Crippen LogP contribution in [0.4, 0.5) is 5.69 Å². The van der Waals surface area contributed by atoms with Crippen molar-refractivity contribution in [2.24, 2.45) is 4.99 Å². The van der Waals surface area contributed by atoms with Crippen molar-refractivity contribution < 1.29 is 10.0 Å². The van der Waals surface area contributed by atoms with Crippen molar-refractivity contribution in [3.63, 3.8) is 0 Å². The van der Waals surface area contributed by atoms with E-state index in [4.69, 9.17) is 10.0 Å².